The van der Waals surface area contributed by atoms with Crippen molar-refractivity contribution in [3.63, 3.8) is 0 Å². The molecule has 6 heteroatoms. The summed E-state index contributed by atoms with van der Waals surface area (Å²) in [4.78, 5) is 18.3. The molecule has 2 heterocycles. The van der Waals surface area contributed by atoms with Gasteiger partial charge in [-0.3, -0.25) is 0 Å². The van der Waals surface area contributed by atoms with Crippen LogP contribution in [0.3, 0.4) is 0 Å². The molecule has 0 unspecified atom stereocenters. The lowest BCUT2D eigenvalue weighted by Crippen LogP contribution is -2.47. The molecule has 3 rings (SSSR count). The van der Waals surface area contributed by atoms with Gasteiger partial charge in [0.1, 0.15) is 0 Å². The smallest absolute Gasteiger partial charge is 0.317 e. The highest BCUT2D eigenvalue weighted by Gasteiger charge is 2.21. The molecule has 2 aromatic rings. The normalized spacial score (nSPS) is 18.0. The SMILES string of the molecule is O=C(NCCc1nc(-c2ccccc2)cs1)N1CCC[C@@H](O)C1. The van der Waals surface area contributed by atoms with Crippen LogP contribution in [0.5, 0.6) is 0 Å². The number of likely N-dealkylation sites (tertiary alicyclic amines) is 1. The number of benzene rings is 1. The van der Waals surface area contributed by atoms with Crippen LogP contribution in [-0.2, 0) is 6.42 Å². The van der Waals surface area contributed by atoms with Crippen LogP contribution in [0.25, 0.3) is 11.3 Å². The number of β-amino-alcohol motifs (C(OH)–C–C–N with tert-alkyl or cyclic N) is 1. The van der Waals surface area contributed by atoms with Gasteiger partial charge in [-0.25, -0.2) is 9.78 Å². The fourth-order valence-corrected chi connectivity index (χ4v) is 3.50. The van der Waals surface area contributed by atoms with E-state index in [0.29, 0.717) is 13.1 Å². The molecule has 1 fully saturated rings. The number of piperidine rings is 1. The number of aromatic nitrogens is 1. The fourth-order valence-electron chi connectivity index (χ4n) is 2.69. The van der Waals surface area contributed by atoms with Crippen molar-refractivity contribution in [2.45, 2.75) is 25.4 Å². The average molecular weight is 331 g/mol. The molecule has 2 amide bonds. The first-order chi connectivity index (χ1) is 11.2. The lowest BCUT2D eigenvalue weighted by molar-refractivity contribution is 0.0843. The number of carbonyl (C=O) groups is 1. The Hall–Kier alpha value is -1.92. The molecule has 0 spiro atoms. The van der Waals surface area contributed by atoms with E-state index in [1.807, 2.05) is 35.7 Å². The Balaban J connectivity index is 1.47. The van der Waals surface area contributed by atoms with Gasteiger partial charge in [-0.2, -0.15) is 0 Å². The number of aliphatic hydroxyl groups excluding tert-OH is 1. The van der Waals surface area contributed by atoms with Gasteiger partial charge in [0.05, 0.1) is 16.8 Å². The summed E-state index contributed by atoms with van der Waals surface area (Å²) in [6.07, 6.45) is 1.98. The number of amides is 2. The maximum absolute atomic E-state index is 12.0. The zero-order valence-corrected chi connectivity index (χ0v) is 13.8. The third-order valence-corrected chi connectivity index (χ3v) is 4.83. The first-order valence-electron chi connectivity index (χ1n) is 7.93. The molecule has 0 aliphatic carbocycles. The highest BCUT2D eigenvalue weighted by atomic mass is 32.1. The minimum absolute atomic E-state index is 0.0939. The van der Waals surface area contributed by atoms with Crippen molar-refractivity contribution in [3.05, 3.63) is 40.7 Å². The molecular weight excluding hydrogens is 310 g/mol. The molecule has 2 N–H and O–H groups in total. The second kappa shape index (κ2) is 7.57. The topological polar surface area (TPSA) is 65.5 Å². The van der Waals surface area contributed by atoms with E-state index in [1.54, 1.807) is 16.2 Å². The van der Waals surface area contributed by atoms with E-state index >= 15 is 0 Å². The lowest BCUT2D eigenvalue weighted by atomic mass is 10.1. The van der Waals surface area contributed by atoms with Crippen molar-refractivity contribution >= 4 is 17.4 Å². The Bertz CT molecular complexity index is 644. The second-order valence-corrected chi connectivity index (χ2v) is 6.66. The number of hydrogen-bond acceptors (Lipinski definition) is 4. The van der Waals surface area contributed by atoms with Crippen LogP contribution in [0.15, 0.2) is 35.7 Å². The van der Waals surface area contributed by atoms with Gasteiger partial charge in [0, 0.05) is 37.0 Å². The number of urea groups is 1. The van der Waals surface area contributed by atoms with Gasteiger partial charge < -0.3 is 15.3 Å². The molecule has 1 atom stereocenters. The number of rotatable bonds is 4. The first kappa shape index (κ1) is 16.0. The number of aliphatic hydroxyl groups is 1. The van der Waals surface area contributed by atoms with E-state index in [9.17, 15) is 9.90 Å². The highest BCUT2D eigenvalue weighted by Crippen LogP contribution is 2.21. The summed E-state index contributed by atoms with van der Waals surface area (Å²) < 4.78 is 0. The Labute approximate surface area is 140 Å². The zero-order valence-electron chi connectivity index (χ0n) is 12.9. The van der Waals surface area contributed by atoms with Crippen LogP contribution in [0.2, 0.25) is 0 Å². The van der Waals surface area contributed by atoms with Crippen LogP contribution in [0.1, 0.15) is 17.8 Å². The number of hydrogen-bond donors (Lipinski definition) is 2. The quantitative estimate of drug-likeness (QED) is 0.905. The summed E-state index contributed by atoms with van der Waals surface area (Å²) in [5.41, 5.74) is 2.09. The van der Waals surface area contributed by atoms with Gasteiger partial charge in [0.25, 0.3) is 0 Å². The van der Waals surface area contributed by atoms with E-state index in [4.69, 9.17) is 0 Å². The molecule has 122 valence electrons. The molecule has 5 nitrogen and oxygen atoms in total. The minimum atomic E-state index is -0.387. The van der Waals surface area contributed by atoms with Crippen molar-refractivity contribution in [3.8, 4) is 11.3 Å². The molecule has 23 heavy (non-hydrogen) atoms. The summed E-state index contributed by atoms with van der Waals surface area (Å²) in [5, 5.41) is 15.6. The van der Waals surface area contributed by atoms with Crippen molar-refractivity contribution in [2.24, 2.45) is 0 Å². The second-order valence-electron chi connectivity index (χ2n) is 5.72. The van der Waals surface area contributed by atoms with Gasteiger partial charge in [0.2, 0.25) is 0 Å². The van der Waals surface area contributed by atoms with Crippen molar-refractivity contribution < 1.29 is 9.90 Å². The summed E-state index contributed by atoms with van der Waals surface area (Å²) >= 11 is 1.62. The number of carbonyl (C=O) groups excluding carboxylic acids is 1. The van der Waals surface area contributed by atoms with Crippen LogP contribution in [0.4, 0.5) is 4.79 Å². The van der Waals surface area contributed by atoms with Gasteiger partial charge >= 0.3 is 6.03 Å². The third kappa shape index (κ3) is 4.30. The monoisotopic (exact) mass is 331 g/mol. The maximum Gasteiger partial charge on any atom is 0.317 e. The van der Waals surface area contributed by atoms with Crippen LogP contribution in [-0.4, -0.2) is 46.8 Å². The van der Waals surface area contributed by atoms with Crippen molar-refractivity contribution in [1.82, 2.24) is 15.2 Å². The lowest BCUT2D eigenvalue weighted by Gasteiger charge is -2.30. The first-order valence-corrected chi connectivity index (χ1v) is 8.81. The third-order valence-electron chi connectivity index (χ3n) is 3.92. The van der Waals surface area contributed by atoms with E-state index in [1.165, 1.54) is 0 Å². The fraction of sp³-hybridized carbons (Fsp3) is 0.412. The summed E-state index contributed by atoms with van der Waals surface area (Å²) in [5.74, 6) is 0. The molecule has 1 aromatic carbocycles. The van der Waals surface area contributed by atoms with E-state index < -0.39 is 0 Å². The molecule has 1 aliphatic heterocycles. The van der Waals surface area contributed by atoms with E-state index in [0.717, 1.165) is 42.1 Å². The molecule has 1 aromatic heterocycles. The maximum atomic E-state index is 12.0. The van der Waals surface area contributed by atoms with Crippen LogP contribution in [0, 0.1) is 0 Å². The molecule has 0 radical (unpaired) electrons. The largest absolute Gasteiger partial charge is 0.391 e. The minimum Gasteiger partial charge on any atom is -0.391 e. The average Bonchev–Trinajstić information content (AvgIpc) is 3.04. The molecule has 1 aliphatic rings. The van der Waals surface area contributed by atoms with Gasteiger partial charge in [-0.1, -0.05) is 30.3 Å². The number of thiazole rings is 1. The molecule has 0 bridgehead atoms. The molecular formula is C17H21N3O2S. The Morgan fingerprint density at radius 1 is 1.39 bits per heavy atom. The molecule has 1 saturated heterocycles. The Morgan fingerprint density at radius 3 is 3.00 bits per heavy atom. The van der Waals surface area contributed by atoms with Gasteiger partial charge in [0.15, 0.2) is 0 Å². The predicted octanol–water partition coefficient (Wildman–Crippen LogP) is 2.52. The summed E-state index contributed by atoms with van der Waals surface area (Å²) in [7, 11) is 0. The Kier molecular flexibility index (Phi) is 5.25. The summed E-state index contributed by atoms with van der Waals surface area (Å²) in [6.45, 7) is 1.71. The van der Waals surface area contributed by atoms with Crippen molar-refractivity contribution in [1.29, 1.82) is 0 Å². The van der Waals surface area contributed by atoms with Crippen LogP contribution < -0.4 is 5.32 Å². The summed E-state index contributed by atoms with van der Waals surface area (Å²) in [6, 6.07) is 9.99. The highest BCUT2D eigenvalue weighted by molar-refractivity contribution is 7.09. The standard InChI is InChI=1S/C17H21N3O2S/c21-14-7-4-10-20(11-14)17(22)18-9-8-16-19-15(12-23-16)13-5-2-1-3-6-13/h1-3,5-6,12,14,21H,4,7-11H2,(H,18,22)/t14-/m1/s1. The zero-order chi connectivity index (χ0) is 16.1. The van der Waals surface area contributed by atoms with Crippen LogP contribution >= 0.6 is 11.3 Å². The molecule has 0 saturated carbocycles. The van der Waals surface area contributed by atoms with E-state index in [2.05, 4.69) is 10.3 Å². The van der Waals surface area contributed by atoms with Crippen molar-refractivity contribution in [2.75, 3.05) is 19.6 Å². The van der Waals surface area contributed by atoms with E-state index in [-0.39, 0.29) is 12.1 Å². The number of nitrogens with one attached hydrogen (secondary N) is 1. The number of nitrogens with zero attached hydrogens (tertiary/aromatic N) is 2. The Morgan fingerprint density at radius 2 is 2.22 bits per heavy atom. The predicted molar refractivity (Wildman–Crippen MR) is 91.5 cm³/mol. The van der Waals surface area contributed by atoms with Gasteiger partial charge in [-0.05, 0) is 12.8 Å². The van der Waals surface area contributed by atoms with Gasteiger partial charge in [-0.15, -0.1) is 11.3 Å².